The molecule has 1 aliphatic heterocycles. The molecular formula is C21H25N3O5. The van der Waals surface area contributed by atoms with Crippen LogP contribution in [0.5, 0.6) is 5.75 Å². The lowest BCUT2D eigenvalue weighted by Gasteiger charge is -2.31. The van der Waals surface area contributed by atoms with Crippen LogP contribution in [0.2, 0.25) is 0 Å². The number of anilines is 1. The molecule has 1 aliphatic rings. The first-order valence-corrected chi connectivity index (χ1v) is 9.30. The fourth-order valence-corrected chi connectivity index (χ4v) is 3.65. The second kappa shape index (κ2) is 7.62. The molecular weight excluding hydrogens is 374 g/mol. The summed E-state index contributed by atoms with van der Waals surface area (Å²) < 4.78 is 13.4. The molecule has 1 N–H and O–H groups in total. The van der Waals surface area contributed by atoms with Gasteiger partial charge in [-0.2, -0.15) is 0 Å². The number of ether oxygens (including phenoxy) is 2. The zero-order valence-corrected chi connectivity index (χ0v) is 17.4. The highest BCUT2D eigenvalue weighted by Gasteiger charge is 2.38. The molecule has 0 unspecified atom stereocenters. The van der Waals surface area contributed by atoms with Gasteiger partial charge in [0.15, 0.2) is 0 Å². The van der Waals surface area contributed by atoms with Crippen molar-refractivity contribution in [2.45, 2.75) is 32.8 Å². The average Bonchev–Trinajstić information content (AvgIpc) is 2.69. The average molecular weight is 399 g/mol. The Morgan fingerprint density at radius 3 is 2.41 bits per heavy atom. The number of allylic oxidation sites excluding steroid dienone is 1. The molecule has 0 amide bonds. The van der Waals surface area contributed by atoms with Gasteiger partial charge in [-0.15, -0.1) is 0 Å². The minimum absolute atomic E-state index is 0.292. The van der Waals surface area contributed by atoms with E-state index in [0.29, 0.717) is 34.0 Å². The third kappa shape index (κ3) is 3.35. The molecule has 1 aromatic heterocycles. The first-order valence-electron chi connectivity index (χ1n) is 9.30. The van der Waals surface area contributed by atoms with Crippen LogP contribution in [0.1, 0.15) is 37.8 Å². The van der Waals surface area contributed by atoms with Crippen LogP contribution in [0.25, 0.3) is 0 Å². The smallest absolute Gasteiger partial charge is 0.337 e. The van der Waals surface area contributed by atoms with E-state index in [9.17, 15) is 14.4 Å². The van der Waals surface area contributed by atoms with Crippen molar-refractivity contribution in [2.24, 2.45) is 14.1 Å². The molecule has 2 heterocycles. The van der Waals surface area contributed by atoms with Crippen molar-refractivity contribution in [1.82, 2.24) is 9.13 Å². The lowest BCUT2D eigenvalue weighted by Crippen LogP contribution is -2.43. The number of nitrogens with zero attached hydrogens (tertiary/aromatic N) is 2. The first-order chi connectivity index (χ1) is 13.7. The predicted molar refractivity (Wildman–Crippen MR) is 109 cm³/mol. The van der Waals surface area contributed by atoms with Crippen molar-refractivity contribution < 1.29 is 14.3 Å². The van der Waals surface area contributed by atoms with Crippen LogP contribution < -0.4 is 21.3 Å². The van der Waals surface area contributed by atoms with E-state index in [1.807, 2.05) is 12.1 Å². The summed E-state index contributed by atoms with van der Waals surface area (Å²) in [5.41, 5.74) is 0.826. The van der Waals surface area contributed by atoms with Crippen molar-refractivity contribution >= 4 is 11.8 Å². The monoisotopic (exact) mass is 399 g/mol. The summed E-state index contributed by atoms with van der Waals surface area (Å²) in [7, 11) is 4.53. The number of esters is 1. The fraction of sp³-hybridized carbons (Fsp3) is 0.381. The predicted octanol–water partition coefficient (Wildman–Crippen LogP) is 1.88. The van der Waals surface area contributed by atoms with Crippen LogP contribution >= 0.6 is 0 Å². The number of hydrogen-bond donors (Lipinski definition) is 1. The van der Waals surface area contributed by atoms with E-state index in [1.54, 1.807) is 40.0 Å². The molecule has 0 radical (unpaired) electrons. The van der Waals surface area contributed by atoms with Gasteiger partial charge in [0, 0.05) is 25.4 Å². The Balaban J connectivity index is 2.40. The molecule has 154 valence electrons. The maximum Gasteiger partial charge on any atom is 0.337 e. The number of benzene rings is 1. The summed E-state index contributed by atoms with van der Waals surface area (Å²) in [6.45, 7) is 5.25. The van der Waals surface area contributed by atoms with Crippen LogP contribution in [0.4, 0.5) is 5.82 Å². The number of carbonyl (C=O) groups is 1. The molecule has 0 bridgehead atoms. The highest BCUT2D eigenvalue weighted by atomic mass is 16.5. The van der Waals surface area contributed by atoms with Crippen molar-refractivity contribution in [2.75, 3.05) is 12.4 Å². The molecule has 1 atom stereocenters. The van der Waals surface area contributed by atoms with E-state index in [1.165, 1.54) is 18.7 Å². The maximum absolute atomic E-state index is 13.2. The van der Waals surface area contributed by atoms with E-state index in [0.717, 1.165) is 4.57 Å². The number of methoxy groups -OCH3 is 1. The van der Waals surface area contributed by atoms with Crippen LogP contribution in [0.3, 0.4) is 0 Å². The van der Waals surface area contributed by atoms with E-state index >= 15 is 0 Å². The van der Waals surface area contributed by atoms with Gasteiger partial charge in [0.05, 0.1) is 30.3 Å². The summed E-state index contributed by atoms with van der Waals surface area (Å²) in [5, 5.41) is 3.07. The van der Waals surface area contributed by atoms with Crippen LogP contribution in [0, 0.1) is 0 Å². The zero-order valence-electron chi connectivity index (χ0n) is 17.4. The van der Waals surface area contributed by atoms with Gasteiger partial charge in [0.2, 0.25) is 0 Å². The molecule has 3 rings (SSSR count). The molecule has 8 nitrogen and oxygen atoms in total. The molecule has 8 heteroatoms. The van der Waals surface area contributed by atoms with Gasteiger partial charge in [0.25, 0.3) is 5.56 Å². The van der Waals surface area contributed by atoms with Crippen LogP contribution in [0.15, 0.2) is 45.1 Å². The van der Waals surface area contributed by atoms with E-state index < -0.39 is 23.1 Å². The Labute approximate surface area is 168 Å². The number of rotatable bonds is 4. The molecule has 29 heavy (non-hydrogen) atoms. The fourth-order valence-electron chi connectivity index (χ4n) is 3.65. The van der Waals surface area contributed by atoms with Gasteiger partial charge in [-0.3, -0.25) is 13.9 Å². The number of carbonyl (C=O) groups excluding carboxylic acids is 1. The highest BCUT2D eigenvalue weighted by Crippen LogP contribution is 2.43. The van der Waals surface area contributed by atoms with Gasteiger partial charge in [-0.05, 0) is 26.8 Å². The first kappa shape index (κ1) is 20.4. The number of aromatic nitrogens is 2. The number of nitrogens with one attached hydrogen (secondary N) is 1. The Bertz CT molecular complexity index is 1120. The van der Waals surface area contributed by atoms with Gasteiger partial charge in [0.1, 0.15) is 11.6 Å². The Morgan fingerprint density at radius 1 is 1.14 bits per heavy atom. The second-order valence-corrected chi connectivity index (χ2v) is 7.26. The van der Waals surface area contributed by atoms with E-state index in [4.69, 9.17) is 9.47 Å². The summed E-state index contributed by atoms with van der Waals surface area (Å²) in [6, 6.07) is 7.20. The quantitative estimate of drug-likeness (QED) is 0.790. The maximum atomic E-state index is 13.2. The third-order valence-electron chi connectivity index (χ3n) is 5.00. The highest BCUT2D eigenvalue weighted by molar-refractivity contribution is 5.94. The summed E-state index contributed by atoms with van der Waals surface area (Å²) >= 11 is 0. The molecule has 0 spiro atoms. The summed E-state index contributed by atoms with van der Waals surface area (Å²) in [5.74, 6) is -0.391. The molecule has 0 saturated heterocycles. The standard InChI is InChI=1S/C21H25N3O5/c1-11(2)29-20(26)15-12(3)22-18-17(19(25)24(5)21(27)23(18)4)16(15)13-9-7-8-10-14(13)28-6/h7-11,16,22H,1-6H3/t16-/m0/s1. The Kier molecular flexibility index (Phi) is 5.37. The van der Waals surface area contributed by atoms with Gasteiger partial charge >= 0.3 is 11.7 Å². The van der Waals surface area contributed by atoms with Crippen molar-refractivity contribution in [3.8, 4) is 5.75 Å². The number of hydrogen-bond acceptors (Lipinski definition) is 6. The Morgan fingerprint density at radius 2 is 1.79 bits per heavy atom. The summed E-state index contributed by atoms with van der Waals surface area (Å²) in [6.07, 6.45) is -0.328. The van der Waals surface area contributed by atoms with Crippen LogP contribution in [-0.2, 0) is 23.6 Å². The molecule has 1 aromatic carbocycles. The normalized spacial score (nSPS) is 15.8. The van der Waals surface area contributed by atoms with Gasteiger partial charge in [-0.25, -0.2) is 9.59 Å². The Hall–Kier alpha value is -3.29. The van der Waals surface area contributed by atoms with Crippen molar-refractivity contribution in [1.29, 1.82) is 0 Å². The topological polar surface area (TPSA) is 91.6 Å². The molecule has 0 fully saturated rings. The lowest BCUT2D eigenvalue weighted by molar-refractivity contribution is -0.143. The van der Waals surface area contributed by atoms with Gasteiger partial charge < -0.3 is 14.8 Å². The zero-order chi connectivity index (χ0) is 21.5. The third-order valence-corrected chi connectivity index (χ3v) is 5.00. The largest absolute Gasteiger partial charge is 0.496 e. The van der Waals surface area contributed by atoms with Gasteiger partial charge in [-0.1, -0.05) is 18.2 Å². The SMILES string of the molecule is COc1ccccc1[C@H]1C(C(=O)OC(C)C)=C(C)Nc2c1c(=O)n(C)c(=O)n2C. The van der Waals surface area contributed by atoms with E-state index in [2.05, 4.69) is 5.32 Å². The minimum atomic E-state index is -0.751. The van der Waals surface area contributed by atoms with Crippen molar-refractivity contribution in [3.05, 3.63) is 67.5 Å². The minimum Gasteiger partial charge on any atom is -0.496 e. The van der Waals surface area contributed by atoms with Crippen LogP contribution in [-0.4, -0.2) is 28.3 Å². The summed E-state index contributed by atoms with van der Waals surface area (Å²) in [4.78, 5) is 38.6. The molecule has 0 saturated carbocycles. The van der Waals surface area contributed by atoms with E-state index in [-0.39, 0.29) is 6.10 Å². The lowest BCUT2D eigenvalue weighted by atomic mass is 9.81. The van der Waals surface area contributed by atoms with Crippen molar-refractivity contribution in [3.63, 3.8) is 0 Å². The number of fused-ring (bicyclic) bond motifs is 1. The molecule has 0 aliphatic carbocycles. The number of para-hydroxylation sites is 1. The molecule has 2 aromatic rings. The second-order valence-electron chi connectivity index (χ2n) is 7.26.